The van der Waals surface area contributed by atoms with Crippen molar-refractivity contribution in [3.63, 3.8) is 0 Å². The zero-order valence-corrected chi connectivity index (χ0v) is 76.5. The Morgan fingerprint density at radius 1 is 0.624 bits per heavy atom. The molecule has 6 unspecified atom stereocenters. The predicted molar refractivity (Wildman–Crippen MR) is 462 cm³/mol. The molecule has 638 valence electrons. The molecule has 0 saturated carbocycles. The highest BCUT2D eigenvalue weighted by Gasteiger charge is 2.43. The second-order valence-corrected chi connectivity index (χ2v) is 37.9. The number of aliphatic hydroxyl groups is 1. The van der Waals surface area contributed by atoms with Crippen LogP contribution < -0.4 is 10.9 Å². The van der Waals surface area contributed by atoms with Gasteiger partial charge in [0.1, 0.15) is 22.3 Å². The minimum absolute atomic E-state index is 0.0262. The topological polar surface area (TPSA) is 322 Å². The maximum absolute atomic E-state index is 12.4. The number of carbonyl (C=O) groups is 7. The Kier molecular flexibility index (Phi) is 34.0. The second kappa shape index (κ2) is 41.5. The number of pyridine rings is 2. The molecule has 0 spiro atoms. The van der Waals surface area contributed by atoms with E-state index in [9.17, 15) is 51.6 Å². The van der Waals surface area contributed by atoms with Gasteiger partial charge in [-0.2, -0.15) is 12.7 Å². The van der Waals surface area contributed by atoms with Crippen LogP contribution in [0.5, 0.6) is 0 Å². The molecule has 117 heavy (non-hydrogen) atoms. The fourth-order valence-corrected chi connectivity index (χ4v) is 21.3. The Morgan fingerprint density at radius 3 is 1.59 bits per heavy atom. The van der Waals surface area contributed by atoms with E-state index in [0.29, 0.717) is 23.4 Å². The molecule has 7 aromatic heterocycles. The summed E-state index contributed by atoms with van der Waals surface area (Å²) in [4.78, 5) is 124. The molecular formula is C86H113N5O20S6. The first kappa shape index (κ1) is 95.8. The van der Waals surface area contributed by atoms with Crippen molar-refractivity contribution in [1.82, 2.24) is 18.3 Å². The number of thiophene rings is 5. The summed E-state index contributed by atoms with van der Waals surface area (Å²) in [7, 11) is -3.95. The number of carboxylic acid groups (broad SMARTS) is 1. The van der Waals surface area contributed by atoms with Crippen molar-refractivity contribution in [2.75, 3.05) is 46.2 Å². The van der Waals surface area contributed by atoms with Crippen LogP contribution in [0.1, 0.15) is 237 Å². The van der Waals surface area contributed by atoms with Crippen LogP contribution in [0.15, 0.2) is 67.9 Å². The van der Waals surface area contributed by atoms with E-state index in [-0.39, 0.29) is 96.2 Å². The standard InChI is InChI=1S/C17H21NO3S.C17H19NO3S.C15H15NO3S.C10H13NS.C9H12O2S.C8H15NO5S.C8H12O3.C2H6O/c2*1-5-21-17(20)12-8-18-9(2)6-15-16(10(3)11(4)22-15)13(18)7-14(12)19;1-7-4-13-14(8(2)9(3)20-13)11-5-12(17)10(15(18)19)6-16(7)11;1-6-4-10-9(5-11-6)7(2)8(3)12-10;1-6-7(2)12-5-8(6)9-10-3-4-11-9;1-6-5-13-15(11,12)9(6)7(10)14-8(2,3)4;1-4-7(6(3)9)8(10)11-5-2;1-2-3/h8-9,13H,5-7H2,1-4H3;7-9H,5-6H2,1-4H3;5-7H,4H2,1-3H3,(H,18,19);5-6H,4H2,1-3H3;5,9H,3-4H2,1-2H3;6H,5H2,1-4H3;4H,5H2,1-3H3;3H,2H2,1H3/b;;;;;;7-4+;. The fourth-order valence-electron chi connectivity index (χ4n) is 13.9. The molecule has 7 aliphatic rings. The van der Waals surface area contributed by atoms with E-state index in [1.54, 1.807) is 115 Å². The first-order chi connectivity index (χ1) is 54.9. The van der Waals surface area contributed by atoms with Gasteiger partial charge in [0, 0.05) is 160 Å². The van der Waals surface area contributed by atoms with Gasteiger partial charge >= 0.3 is 40.3 Å². The number of aromatic carboxylic acids is 1. The first-order valence-corrected chi connectivity index (χ1v) is 44.6. The van der Waals surface area contributed by atoms with Crippen LogP contribution in [0, 0.1) is 69.2 Å². The third-order valence-corrected chi connectivity index (χ3v) is 27.8. The molecule has 7 aromatic rings. The largest absolute Gasteiger partial charge is 0.477 e. The van der Waals surface area contributed by atoms with Gasteiger partial charge in [0.2, 0.25) is 0 Å². The van der Waals surface area contributed by atoms with E-state index in [2.05, 4.69) is 114 Å². The average molecular weight is 1730 g/mol. The van der Waals surface area contributed by atoms with Crippen LogP contribution in [0.25, 0.3) is 22.5 Å². The van der Waals surface area contributed by atoms with Gasteiger partial charge in [-0.25, -0.2) is 24.0 Å². The maximum Gasteiger partial charge on any atom is 0.426 e. The molecule has 2 saturated heterocycles. The number of fused-ring (bicyclic) bond motifs is 10. The minimum atomic E-state index is -3.95. The van der Waals surface area contributed by atoms with Crippen molar-refractivity contribution in [3.05, 3.63) is 173 Å². The van der Waals surface area contributed by atoms with E-state index >= 15 is 0 Å². The van der Waals surface area contributed by atoms with E-state index < -0.39 is 57.3 Å². The molecule has 0 aliphatic carbocycles. The number of carbonyl (C=O) groups excluding carboxylic acids is 6. The summed E-state index contributed by atoms with van der Waals surface area (Å²) in [6.45, 7) is 48.6. The number of hydrogen-bond acceptors (Lipinski definition) is 26. The van der Waals surface area contributed by atoms with Gasteiger partial charge in [-0.15, -0.1) is 56.7 Å². The lowest BCUT2D eigenvalue weighted by molar-refractivity contribution is -0.141. The highest BCUT2D eigenvalue weighted by molar-refractivity contribution is 7.85. The van der Waals surface area contributed by atoms with E-state index in [0.717, 1.165) is 61.4 Å². The molecule has 1 amide bonds. The van der Waals surface area contributed by atoms with Crippen LogP contribution in [-0.2, 0) is 87.8 Å². The summed E-state index contributed by atoms with van der Waals surface area (Å²) in [5.41, 5.74) is 13.2. The summed E-state index contributed by atoms with van der Waals surface area (Å²) in [5.74, 6) is -3.11. The second-order valence-electron chi connectivity index (χ2n) is 30.1. The molecule has 2 fully saturated rings. The number of aliphatic imine (C=N–C) groups is 1. The van der Waals surface area contributed by atoms with E-state index in [1.165, 1.54) is 114 Å². The van der Waals surface area contributed by atoms with Crippen molar-refractivity contribution in [1.29, 1.82) is 0 Å². The number of nitrogens with zero attached hydrogens (tertiary/aromatic N) is 5. The summed E-state index contributed by atoms with van der Waals surface area (Å²) in [6, 6.07) is 3.74. The fraction of sp³-hybridized carbons (Fsp3) is 0.512. The SMILES string of the molecule is C/C=C(\C(C)=O)C(=O)OCC.CC1COS(=O)(=O)N1C(=O)OC(C)(C)C.CCO.CCOC(=O)C1=CN2C(C)Cc3sc(C)c(C)c3C2CC1=O.CCOC(=O)c1cn2c(cc1=O)-c1c(sc(C)c1C)CC2C.Cc1sc2c(c1C)-c1cc(=O)c(C(=O)O)cn1C(C)C2.Cc1sc2c(c1C)C=NC(C)C2.Cc1scc(C2OCCO2)c1C. The lowest BCUT2D eigenvalue weighted by Gasteiger charge is -2.43. The molecule has 14 rings (SSSR count). The Labute approximate surface area is 706 Å². The zero-order chi connectivity index (χ0) is 87.3. The number of esters is 3. The normalized spacial score (nSPS) is 18.9. The Hall–Kier alpha value is -8.37. The van der Waals surface area contributed by atoms with Gasteiger partial charge < -0.3 is 52.7 Å². The van der Waals surface area contributed by atoms with Gasteiger partial charge in [-0.1, -0.05) is 6.08 Å². The number of amides is 1. The molecular weight excluding hydrogens is 1620 g/mol. The Bertz CT molecular complexity index is 5160. The summed E-state index contributed by atoms with van der Waals surface area (Å²) >= 11 is 9.10. The zero-order valence-electron chi connectivity index (χ0n) is 71.6. The molecule has 0 bridgehead atoms. The molecule has 0 aromatic carbocycles. The monoisotopic (exact) mass is 1730 g/mol. The van der Waals surface area contributed by atoms with Gasteiger partial charge in [-0.3, -0.25) is 28.4 Å². The van der Waals surface area contributed by atoms with Crippen molar-refractivity contribution in [2.24, 2.45) is 4.99 Å². The average Bonchev–Trinajstić information content (AvgIpc) is 1.68. The number of rotatable bonds is 9. The molecule has 31 heteroatoms. The third kappa shape index (κ3) is 23.0. The third-order valence-electron chi connectivity index (χ3n) is 20.4. The van der Waals surface area contributed by atoms with Crippen LogP contribution in [0.3, 0.4) is 0 Å². The number of ketones is 2. The van der Waals surface area contributed by atoms with Crippen LogP contribution in [0.2, 0.25) is 0 Å². The number of allylic oxidation sites excluding steroid dienone is 1. The van der Waals surface area contributed by atoms with Gasteiger partial charge in [0.25, 0.3) is 0 Å². The van der Waals surface area contributed by atoms with Gasteiger partial charge in [-0.05, 0) is 205 Å². The molecule has 0 radical (unpaired) electrons. The Morgan fingerprint density at radius 2 is 1.11 bits per heavy atom. The summed E-state index contributed by atoms with van der Waals surface area (Å²) in [6.07, 6.45) is 11.6. The predicted octanol–water partition coefficient (Wildman–Crippen LogP) is 16.7. The van der Waals surface area contributed by atoms with E-state index in [1.807, 2.05) is 44.9 Å². The highest BCUT2D eigenvalue weighted by Crippen LogP contribution is 2.47. The number of aryl methyl sites for hydroxylation is 5. The first-order valence-electron chi connectivity index (χ1n) is 39.1. The van der Waals surface area contributed by atoms with Gasteiger partial charge in [0.15, 0.2) is 28.7 Å². The van der Waals surface area contributed by atoms with Crippen molar-refractivity contribution < 1.29 is 84.8 Å². The number of aliphatic hydroxyl groups excluding tert-OH is 1. The van der Waals surface area contributed by atoms with Crippen molar-refractivity contribution >= 4 is 115 Å². The molecule has 2 N–H and O–H groups in total. The summed E-state index contributed by atoms with van der Waals surface area (Å²) in [5, 5.41) is 18.8. The number of ether oxygens (including phenoxy) is 6. The molecule has 14 heterocycles. The minimum Gasteiger partial charge on any atom is -0.477 e. The molecule has 6 atom stereocenters. The number of hydrogen-bond donors (Lipinski definition) is 2. The lowest BCUT2D eigenvalue weighted by atomic mass is 9.85. The Balaban J connectivity index is 0.000000190. The summed E-state index contributed by atoms with van der Waals surface area (Å²) < 4.78 is 62.1. The van der Waals surface area contributed by atoms with Gasteiger partial charge in [0.05, 0.1) is 74.7 Å². The molecule has 7 aliphatic heterocycles. The maximum atomic E-state index is 12.4. The smallest absolute Gasteiger partial charge is 0.426 e. The van der Waals surface area contributed by atoms with Crippen molar-refractivity contribution in [3.8, 4) is 22.5 Å². The number of Topliss-reactive ketones (excluding diaryl/α,β-unsaturated/α-hetero) is 2. The van der Waals surface area contributed by atoms with E-state index in [4.69, 9.17) is 33.9 Å². The van der Waals surface area contributed by atoms with Crippen LogP contribution >= 0.6 is 56.7 Å². The molecule has 25 nitrogen and oxygen atoms in total. The van der Waals surface area contributed by atoms with Crippen molar-refractivity contribution in [2.45, 2.75) is 246 Å². The lowest BCUT2D eigenvalue weighted by Crippen LogP contribution is -2.43. The quantitative estimate of drug-likeness (QED) is 0.0446. The van der Waals surface area contributed by atoms with Crippen LogP contribution in [-0.4, -0.2) is 155 Å². The highest BCUT2D eigenvalue weighted by atomic mass is 32.2. The number of carboxylic acids is 1. The number of aromatic nitrogens is 2. The van der Waals surface area contributed by atoms with Crippen LogP contribution in [0.4, 0.5) is 4.79 Å².